The van der Waals surface area contributed by atoms with E-state index in [-0.39, 0.29) is 5.75 Å². The Morgan fingerprint density at radius 2 is 2.12 bits per heavy atom. The molecule has 0 fully saturated rings. The largest absolute Gasteiger partial charge is 0.481 e. The van der Waals surface area contributed by atoms with Crippen LogP contribution in [0.15, 0.2) is 29.2 Å². The smallest absolute Gasteiger partial charge is 0.416 e. The van der Waals surface area contributed by atoms with Crippen molar-refractivity contribution >= 4 is 17.7 Å². The monoisotopic (exact) mass is 264 g/mol. The average Bonchev–Trinajstić information content (AvgIpc) is 2.25. The molecule has 1 aromatic rings. The lowest BCUT2D eigenvalue weighted by Crippen LogP contribution is -2.11. The number of aliphatic carboxylic acids is 1. The minimum atomic E-state index is -4.37. The molecule has 6 heteroatoms. The van der Waals surface area contributed by atoms with Gasteiger partial charge in [0.2, 0.25) is 0 Å². The first kappa shape index (κ1) is 13.9. The second-order valence-electron chi connectivity index (χ2n) is 3.58. The number of carboxylic acids is 1. The van der Waals surface area contributed by atoms with Gasteiger partial charge < -0.3 is 5.11 Å². The van der Waals surface area contributed by atoms with Crippen LogP contribution in [0.1, 0.15) is 12.5 Å². The third-order valence-corrected chi connectivity index (χ3v) is 3.34. The number of carbonyl (C=O) groups is 1. The van der Waals surface area contributed by atoms with Crippen molar-refractivity contribution in [3.8, 4) is 0 Å². The molecule has 0 saturated heterocycles. The number of carboxylic acid groups (broad SMARTS) is 1. The zero-order valence-corrected chi connectivity index (χ0v) is 9.81. The van der Waals surface area contributed by atoms with Crippen LogP contribution in [0.5, 0.6) is 0 Å². The second-order valence-corrected chi connectivity index (χ2v) is 4.67. The second kappa shape index (κ2) is 5.44. The van der Waals surface area contributed by atoms with E-state index in [0.29, 0.717) is 4.90 Å². The van der Waals surface area contributed by atoms with Gasteiger partial charge in [-0.15, -0.1) is 11.8 Å². The number of rotatable bonds is 4. The molecule has 0 radical (unpaired) electrons. The number of halogens is 3. The summed E-state index contributed by atoms with van der Waals surface area (Å²) < 4.78 is 37.2. The normalized spacial score (nSPS) is 13.4. The maximum atomic E-state index is 12.4. The van der Waals surface area contributed by atoms with E-state index in [1.165, 1.54) is 19.1 Å². The molecule has 1 rings (SSSR count). The van der Waals surface area contributed by atoms with E-state index in [2.05, 4.69) is 0 Å². The van der Waals surface area contributed by atoms with Gasteiger partial charge in [0, 0.05) is 10.6 Å². The van der Waals surface area contributed by atoms with Crippen molar-refractivity contribution in [3.05, 3.63) is 29.8 Å². The molecule has 0 aliphatic rings. The number of hydrogen-bond donors (Lipinski definition) is 1. The minimum absolute atomic E-state index is 0.247. The van der Waals surface area contributed by atoms with Crippen LogP contribution in [0.4, 0.5) is 13.2 Å². The Morgan fingerprint density at radius 3 is 2.65 bits per heavy atom. The van der Waals surface area contributed by atoms with Gasteiger partial charge >= 0.3 is 12.1 Å². The molecule has 0 bridgehead atoms. The van der Waals surface area contributed by atoms with Crippen LogP contribution in [-0.2, 0) is 11.0 Å². The van der Waals surface area contributed by atoms with Crippen LogP contribution in [0.2, 0.25) is 0 Å². The molecule has 1 N–H and O–H groups in total. The zero-order valence-electron chi connectivity index (χ0n) is 8.99. The van der Waals surface area contributed by atoms with E-state index in [1.807, 2.05) is 0 Å². The fourth-order valence-corrected chi connectivity index (χ4v) is 2.02. The van der Waals surface area contributed by atoms with E-state index in [1.54, 1.807) is 0 Å². The lowest BCUT2D eigenvalue weighted by atomic mass is 10.2. The molecule has 1 aromatic carbocycles. The predicted octanol–water partition coefficient (Wildman–Crippen LogP) is 3.52. The van der Waals surface area contributed by atoms with E-state index in [0.717, 1.165) is 23.9 Å². The highest BCUT2D eigenvalue weighted by atomic mass is 32.2. The van der Waals surface area contributed by atoms with Crippen LogP contribution >= 0.6 is 11.8 Å². The zero-order chi connectivity index (χ0) is 13.1. The molecular weight excluding hydrogens is 253 g/mol. The fourth-order valence-electron chi connectivity index (χ4n) is 1.05. The van der Waals surface area contributed by atoms with Crippen molar-refractivity contribution in [1.82, 2.24) is 0 Å². The van der Waals surface area contributed by atoms with Crippen molar-refractivity contribution in [2.45, 2.75) is 18.0 Å². The SMILES string of the molecule is CC(CSc1cccc(C(F)(F)F)c1)C(=O)O. The van der Waals surface area contributed by atoms with Gasteiger partial charge in [-0.2, -0.15) is 13.2 Å². The van der Waals surface area contributed by atoms with E-state index < -0.39 is 23.6 Å². The predicted molar refractivity (Wildman–Crippen MR) is 59.0 cm³/mol. The molecule has 0 amide bonds. The van der Waals surface area contributed by atoms with Gasteiger partial charge in [-0.05, 0) is 18.2 Å². The molecule has 1 unspecified atom stereocenters. The lowest BCUT2D eigenvalue weighted by Gasteiger charge is -2.09. The highest BCUT2D eigenvalue weighted by molar-refractivity contribution is 7.99. The van der Waals surface area contributed by atoms with Crippen molar-refractivity contribution < 1.29 is 23.1 Å². The summed E-state index contributed by atoms with van der Waals surface area (Å²) in [5.41, 5.74) is -0.717. The summed E-state index contributed by atoms with van der Waals surface area (Å²) in [5.74, 6) is -1.30. The van der Waals surface area contributed by atoms with Gasteiger partial charge in [0.25, 0.3) is 0 Å². The molecule has 0 aliphatic carbocycles. The third kappa shape index (κ3) is 4.30. The van der Waals surface area contributed by atoms with Gasteiger partial charge in [-0.1, -0.05) is 13.0 Å². The quantitative estimate of drug-likeness (QED) is 0.845. The maximum Gasteiger partial charge on any atom is 0.416 e. The van der Waals surface area contributed by atoms with Gasteiger partial charge in [0.05, 0.1) is 11.5 Å². The first-order valence-corrected chi connectivity index (χ1v) is 5.82. The molecule has 17 heavy (non-hydrogen) atoms. The Labute approximate surface area is 101 Å². The maximum absolute atomic E-state index is 12.4. The fraction of sp³-hybridized carbons (Fsp3) is 0.364. The first-order chi connectivity index (χ1) is 7.80. The number of benzene rings is 1. The Bertz CT molecular complexity index is 404. The first-order valence-electron chi connectivity index (χ1n) is 4.83. The van der Waals surface area contributed by atoms with Gasteiger partial charge in [0.15, 0.2) is 0 Å². The van der Waals surface area contributed by atoms with Gasteiger partial charge in [-0.25, -0.2) is 0 Å². The summed E-state index contributed by atoms with van der Waals surface area (Å²) in [6, 6.07) is 4.87. The molecule has 2 nitrogen and oxygen atoms in total. The average molecular weight is 264 g/mol. The Balaban J connectivity index is 2.70. The summed E-state index contributed by atoms with van der Waals surface area (Å²) in [6.07, 6.45) is -4.37. The summed E-state index contributed by atoms with van der Waals surface area (Å²) in [4.78, 5) is 11.0. The molecule has 0 heterocycles. The highest BCUT2D eigenvalue weighted by Crippen LogP contribution is 2.32. The molecule has 94 valence electrons. The standard InChI is InChI=1S/C11H11F3O2S/c1-7(10(15)16)6-17-9-4-2-3-8(5-9)11(12,13)14/h2-5,7H,6H2,1H3,(H,15,16). The molecule has 0 aliphatic heterocycles. The molecule has 1 atom stereocenters. The molecule has 0 spiro atoms. The van der Waals surface area contributed by atoms with Crippen molar-refractivity contribution in [1.29, 1.82) is 0 Å². The molecule has 0 aromatic heterocycles. The van der Waals surface area contributed by atoms with Crippen LogP contribution < -0.4 is 0 Å². The minimum Gasteiger partial charge on any atom is -0.481 e. The Hall–Kier alpha value is -1.17. The summed E-state index contributed by atoms with van der Waals surface area (Å²) >= 11 is 1.11. The summed E-state index contributed by atoms with van der Waals surface area (Å²) in [5, 5.41) is 8.65. The van der Waals surface area contributed by atoms with Crippen LogP contribution in [-0.4, -0.2) is 16.8 Å². The summed E-state index contributed by atoms with van der Waals surface area (Å²) in [6.45, 7) is 1.52. The van der Waals surface area contributed by atoms with Crippen LogP contribution in [0.25, 0.3) is 0 Å². The molecular formula is C11H11F3O2S. The highest BCUT2D eigenvalue weighted by Gasteiger charge is 2.30. The Kier molecular flexibility index (Phi) is 4.45. The van der Waals surface area contributed by atoms with E-state index in [4.69, 9.17) is 5.11 Å². The molecule has 0 saturated carbocycles. The van der Waals surface area contributed by atoms with Gasteiger partial charge in [-0.3, -0.25) is 4.79 Å². The van der Waals surface area contributed by atoms with E-state index in [9.17, 15) is 18.0 Å². The Morgan fingerprint density at radius 1 is 1.47 bits per heavy atom. The third-order valence-electron chi connectivity index (χ3n) is 2.08. The van der Waals surface area contributed by atoms with Gasteiger partial charge in [0.1, 0.15) is 0 Å². The number of hydrogen-bond acceptors (Lipinski definition) is 2. The summed E-state index contributed by atoms with van der Waals surface area (Å²) in [7, 11) is 0. The van der Waals surface area contributed by atoms with Crippen molar-refractivity contribution in [2.24, 2.45) is 5.92 Å². The van der Waals surface area contributed by atoms with Crippen LogP contribution in [0.3, 0.4) is 0 Å². The van der Waals surface area contributed by atoms with Crippen molar-refractivity contribution in [2.75, 3.05) is 5.75 Å². The lowest BCUT2D eigenvalue weighted by molar-refractivity contribution is -0.140. The van der Waals surface area contributed by atoms with Crippen molar-refractivity contribution in [3.63, 3.8) is 0 Å². The number of alkyl halides is 3. The number of thioether (sulfide) groups is 1. The topological polar surface area (TPSA) is 37.3 Å². The van der Waals surface area contributed by atoms with E-state index >= 15 is 0 Å². The van der Waals surface area contributed by atoms with Crippen LogP contribution in [0, 0.1) is 5.92 Å².